The number of allylic oxidation sites excluding steroid dienone is 1. The maximum Gasteiger partial charge on any atom is 0.495 e. The molecule has 0 radical (unpaired) electrons. The number of benzene rings is 2. The monoisotopic (exact) mass is 414 g/mol. The first-order valence-electron chi connectivity index (χ1n) is 11.4. The second kappa shape index (κ2) is 9.47. The van der Waals surface area contributed by atoms with E-state index >= 15 is 0 Å². The van der Waals surface area contributed by atoms with Crippen LogP contribution in [-0.4, -0.2) is 18.3 Å². The summed E-state index contributed by atoms with van der Waals surface area (Å²) in [5.41, 5.74) is 6.06. The van der Waals surface area contributed by atoms with E-state index in [-0.39, 0.29) is 11.2 Å². The van der Waals surface area contributed by atoms with E-state index in [0.717, 1.165) is 47.8 Å². The minimum Gasteiger partial charge on any atom is -0.399 e. The predicted octanol–water partition coefficient (Wildman–Crippen LogP) is 5.77. The van der Waals surface area contributed by atoms with Gasteiger partial charge in [0.05, 0.1) is 11.2 Å². The predicted molar refractivity (Wildman–Crippen MR) is 132 cm³/mol. The molecule has 0 spiro atoms. The van der Waals surface area contributed by atoms with Crippen molar-refractivity contribution in [1.82, 2.24) is 0 Å². The molecule has 1 heterocycles. The molecule has 2 aromatic rings. The number of hydrogen-bond acceptors (Lipinski definition) is 2. The molecule has 0 N–H and O–H groups in total. The summed E-state index contributed by atoms with van der Waals surface area (Å²) in [6, 6.07) is 12.8. The van der Waals surface area contributed by atoms with Gasteiger partial charge in [-0.05, 0) is 88.7 Å². The molecule has 0 aliphatic carbocycles. The van der Waals surface area contributed by atoms with E-state index in [1.807, 2.05) is 6.08 Å². The summed E-state index contributed by atoms with van der Waals surface area (Å²) in [7, 11) is -0.401. The van der Waals surface area contributed by atoms with Gasteiger partial charge >= 0.3 is 7.12 Å². The maximum absolute atomic E-state index is 6.42. The zero-order valence-corrected chi connectivity index (χ0v) is 20.0. The van der Waals surface area contributed by atoms with Crippen LogP contribution in [0.5, 0.6) is 0 Å². The van der Waals surface area contributed by atoms with Crippen molar-refractivity contribution in [2.24, 2.45) is 0 Å². The van der Waals surface area contributed by atoms with Crippen LogP contribution >= 0.6 is 0 Å². The van der Waals surface area contributed by atoms with Gasteiger partial charge in [-0.1, -0.05) is 55.0 Å². The van der Waals surface area contributed by atoms with E-state index in [1.165, 1.54) is 11.1 Å². The lowest BCUT2D eigenvalue weighted by atomic mass is 9.72. The number of hydrogen-bond donors (Lipinski definition) is 0. The Hall–Kier alpha value is -2.28. The molecule has 0 saturated carbocycles. The molecule has 1 aliphatic rings. The lowest BCUT2D eigenvalue weighted by molar-refractivity contribution is 0.00578. The van der Waals surface area contributed by atoms with E-state index < -0.39 is 7.12 Å². The van der Waals surface area contributed by atoms with E-state index in [1.54, 1.807) is 0 Å². The number of aryl methyl sites for hydroxylation is 2. The van der Waals surface area contributed by atoms with Crippen molar-refractivity contribution < 1.29 is 9.31 Å². The highest BCUT2D eigenvalue weighted by Gasteiger charge is 2.52. The Morgan fingerprint density at radius 3 is 2.23 bits per heavy atom. The maximum atomic E-state index is 6.42. The van der Waals surface area contributed by atoms with Crippen molar-refractivity contribution in [3.05, 3.63) is 76.9 Å². The molecule has 2 aromatic carbocycles. The van der Waals surface area contributed by atoms with Gasteiger partial charge in [0, 0.05) is 11.1 Å². The van der Waals surface area contributed by atoms with Crippen LogP contribution in [0.3, 0.4) is 0 Å². The standard InChI is InChI=1S/C28H35BO2/c1-8-10-12-23-19-24(18-17-22-15-13-21(3)14-16-22)25(11-9-2)26(20-23)29-30-27(4,5)28(6,7)31-29/h9,13-16,19-20H,2,8,10-12H2,1,3-7H3. The second-order valence-electron chi connectivity index (χ2n) is 9.51. The minimum atomic E-state index is -0.401. The van der Waals surface area contributed by atoms with Crippen LogP contribution in [0.15, 0.2) is 49.1 Å². The van der Waals surface area contributed by atoms with Crippen molar-refractivity contribution in [2.45, 2.75) is 78.4 Å². The van der Waals surface area contributed by atoms with Gasteiger partial charge in [-0.3, -0.25) is 0 Å². The number of rotatable bonds is 6. The third kappa shape index (κ3) is 5.32. The average molecular weight is 414 g/mol. The van der Waals surface area contributed by atoms with Crippen LogP contribution in [0.2, 0.25) is 0 Å². The summed E-state index contributed by atoms with van der Waals surface area (Å²) in [5.74, 6) is 6.80. The summed E-state index contributed by atoms with van der Waals surface area (Å²) in [4.78, 5) is 0. The van der Waals surface area contributed by atoms with Gasteiger partial charge in [0.1, 0.15) is 0 Å². The SMILES string of the molecule is C=CCc1c(C#Cc2ccc(C)cc2)cc(CCCC)cc1B1OC(C)(C)C(C)(C)O1. The molecular weight excluding hydrogens is 379 g/mol. The van der Waals surface area contributed by atoms with Gasteiger partial charge in [-0.2, -0.15) is 0 Å². The Balaban J connectivity index is 2.10. The van der Waals surface area contributed by atoms with Gasteiger partial charge < -0.3 is 9.31 Å². The molecule has 0 atom stereocenters. The second-order valence-corrected chi connectivity index (χ2v) is 9.51. The van der Waals surface area contributed by atoms with Gasteiger partial charge in [-0.15, -0.1) is 6.58 Å². The van der Waals surface area contributed by atoms with Crippen LogP contribution in [0, 0.1) is 18.8 Å². The zero-order valence-electron chi connectivity index (χ0n) is 20.0. The highest BCUT2D eigenvalue weighted by atomic mass is 16.7. The normalized spacial score (nSPS) is 16.6. The fourth-order valence-electron chi connectivity index (χ4n) is 3.72. The first-order valence-corrected chi connectivity index (χ1v) is 11.4. The van der Waals surface area contributed by atoms with Crippen molar-refractivity contribution >= 4 is 12.6 Å². The van der Waals surface area contributed by atoms with Gasteiger partial charge in [0.25, 0.3) is 0 Å². The highest BCUT2D eigenvalue weighted by Crippen LogP contribution is 2.37. The van der Waals surface area contributed by atoms with Gasteiger partial charge in [-0.25, -0.2) is 0 Å². The molecule has 1 aliphatic heterocycles. The first kappa shape index (κ1) is 23.4. The summed E-state index contributed by atoms with van der Waals surface area (Å²) in [5, 5.41) is 0. The topological polar surface area (TPSA) is 18.5 Å². The lowest BCUT2D eigenvalue weighted by Crippen LogP contribution is -2.41. The molecule has 0 unspecified atom stereocenters. The van der Waals surface area contributed by atoms with E-state index in [4.69, 9.17) is 9.31 Å². The van der Waals surface area contributed by atoms with Crippen molar-refractivity contribution in [2.75, 3.05) is 0 Å². The molecule has 0 aromatic heterocycles. The van der Waals surface area contributed by atoms with E-state index in [0.29, 0.717) is 0 Å². The van der Waals surface area contributed by atoms with Crippen molar-refractivity contribution in [3.63, 3.8) is 0 Å². The molecule has 162 valence electrons. The molecule has 3 heteroatoms. The Bertz CT molecular complexity index is 974. The molecule has 1 saturated heterocycles. The van der Waals surface area contributed by atoms with Crippen LogP contribution in [0.4, 0.5) is 0 Å². The van der Waals surface area contributed by atoms with Crippen LogP contribution < -0.4 is 5.46 Å². The van der Waals surface area contributed by atoms with E-state index in [9.17, 15) is 0 Å². The summed E-state index contributed by atoms with van der Waals surface area (Å²) >= 11 is 0. The summed E-state index contributed by atoms with van der Waals surface area (Å²) < 4.78 is 12.8. The Kier molecular flexibility index (Phi) is 7.15. The Labute approximate surface area is 189 Å². The zero-order chi connectivity index (χ0) is 22.6. The first-order chi connectivity index (χ1) is 14.7. The fourth-order valence-corrected chi connectivity index (χ4v) is 3.72. The minimum absolute atomic E-state index is 0.379. The summed E-state index contributed by atoms with van der Waals surface area (Å²) in [6.45, 7) is 16.7. The van der Waals surface area contributed by atoms with Gasteiger partial charge in [0.2, 0.25) is 0 Å². The fraction of sp³-hybridized carbons (Fsp3) is 0.429. The average Bonchev–Trinajstić information content (AvgIpc) is 2.94. The van der Waals surface area contributed by atoms with Crippen molar-refractivity contribution in [3.8, 4) is 11.8 Å². The molecule has 2 nitrogen and oxygen atoms in total. The number of unbranched alkanes of at least 4 members (excludes halogenated alkanes) is 1. The highest BCUT2D eigenvalue weighted by molar-refractivity contribution is 6.62. The molecular formula is C28H35BO2. The Morgan fingerprint density at radius 2 is 1.65 bits per heavy atom. The van der Waals surface area contributed by atoms with Crippen molar-refractivity contribution in [1.29, 1.82) is 0 Å². The molecule has 0 bridgehead atoms. The van der Waals surface area contributed by atoms with Crippen LogP contribution in [0.1, 0.15) is 75.3 Å². The summed E-state index contributed by atoms with van der Waals surface area (Å²) in [6.07, 6.45) is 5.99. The van der Waals surface area contributed by atoms with Crippen LogP contribution in [-0.2, 0) is 22.2 Å². The third-order valence-electron chi connectivity index (χ3n) is 6.41. The molecule has 0 amide bonds. The van der Waals surface area contributed by atoms with Gasteiger partial charge in [0.15, 0.2) is 0 Å². The molecule has 1 fully saturated rings. The smallest absolute Gasteiger partial charge is 0.399 e. The molecule has 31 heavy (non-hydrogen) atoms. The Morgan fingerprint density at radius 1 is 1.00 bits per heavy atom. The lowest BCUT2D eigenvalue weighted by Gasteiger charge is -2.32. The molecule has 3 rings (SSSR count). The van der Waals surface area contributed by atoms with E-state index in [2.05, 4.69) is 96.4 Å². The largest absolute Gasteiger partial charge is 0.495 e. The van der Waals surface area contributed by atoms with Crippen LogP contribution in [0.25, 0.3) is 0 Å². The quantitative estimate of drug-likeness (QED) is 0.340. The third-order valence-corrected chi connectivity index (χ3v) is 6.41.